The third-order valence-electron chi connectivity index (χ3n) is 8.93. The van der Waals surface area contributed by atoms with E-state index in [4.69, 9.17) is 15.9 Å². The van der Waals surface area contributed by atoms with E-state index in [9.17, 15) is 10.2 Å². The Morgan fingerprint density at radius 3 is 1.61 bits per heavy atom. The minimum Gasteiger partial charge on any atom is -0.505 e. The maximum atomic E-state index is 11.9. The number of nitrogens with zero attached hydrogens (tertiary/aromatic N) is 5. The van der Waals surface area contributed by atoms with Crippen LogP contribution in [0.1, 0.15) is 104 Å². The van der Waals surface area contributed by atoms with Gasteiger partial charge in [0, 0.05) is 17.5 Å². The zero-order valence-corrected chi connectivity index (χ0v) is 30.8. The van der Waals surface area contributed by atoms with Crippen LogP contribution in [0.4, 0.5) is 17.1 Å². The third-order valence-corrected chi connectivity index (χ3v) is 8.93. The van der Waals surface area contributed by atoms with Gasteiger partial charge in [-0.25, -0.2) is 0 Å². The Morgan fingerprint density at radius 2 is 1.08 bits per heavy atom. The average molecular weight is 661 g/mol. The molecule has 5 rings (SSSR count). The monoisotopic (exact) mass is 660 g/mol. The Kier molecular flexibility index (Phi) is 9.41. The molecule has 0 spiro atoms. The third kappa shape index (κ3) is 8.30. The molecule has 0 bridgehead atoms. The van der Waals surface area contributed by atoms with E-state index in [-0.39, 0.29) is 39.6 Å². The molecule has 5 aromatic rings. The number of hydrogen-bond acceptors (Lipinski definition) is 7. The summed E-state index contributed by atoms with van der Waals surface area (Å²) in [5.41, 5.74) is 12.5. The zero-order valence-electron chi connectivity index (χ0n) is 30.8. The molecule has 0 radical (unpaired) electrons. The van der Waals surface area contributed by atoms with Gasteiger partial charge in [-0.15, -0.1) is 25.2 Å². The second-order valence-corrected chi connectivity index (χ2v) is 17.2. The standard InChI is InChI=1S/C41H52N6O2/c1-38(2,3)24-40(7,8)28-20-26(36(48)34(22-28)44-43-31-16-12-11-15-30(31)42)19-27-21-29(41(9,10)25-39(4,5)6)23-35(37(27)49)47-45-32-17-13-14-18-33(32)46-47/h11-18,20-23,48-49H,19,24-25,42H2,1-10H3. The number of anilines is 1. The Balaban J connectivity index is 1.70. The Labute approximate surface area is 291 Å². The first kappa shape index (κ1) is 35.6. The Morgan fingerprint density at radius 1 is 0.612 bits per heavy atom. The number of benzene rings is 4. The highest BCUT2D eigenvalue weighted by atomic mass is 16.3. The molecule has 4 N–H and O–H groups in total. The van der Waals surface area contributed by atoms with Crippen LogP contribution in [-0.2, 0) is 17.3 Å². The smallest absolute Gasteiger partial charge is 0.146 e. The van der Waals surface area contributed by atoms with Crippen molar-refractivity contribution in [2.75, 3.05) is 5.73 Å². The summed E-state index contributed by atoms with van der Waals surface area (Å²) in [6, 6.07) is 22.9. The summed E-state index contributed by atoms with van der Waals surface area (Å²) in [4.78, 5) is 1.52. The highest BCUT2D eigenvalue weighted by molar-refractivity contribution is 5.74. The second-order valence-electron chi connectivity index (χ2n) is 17.2. The first-order valence-corrected chi connectivity index (χ1v) is 17.0. The quantitative estimate of drug-likeness (QED) is 0.107. The molecule has 49 heavy (non-hydrogen) atoms. The highest BCUT2D eigenvalue weighted by Gasteiger charge is 2.31. The van der Waals surface area contributed by atoms with Crippen molar-refractivity contribution in [2.24, 2.45) is 21.1 Å². The average Bonchev–Trinajstić information content (AvgIpc) is 3.41. The molecule has 0 amide bonds. The Bertz CT molecular complexity index is 1970. The predicted molar refractivity (Wildman–Crippen MR) is 201 cm³/mol. The van der Waals surface area contributed by atoms with Gasteiger partial charge in [0.2, 0.25) is 0 Å². The molecule has 0 aliphatic rings. The van der Waals surface area contributed by atoms with Crippen molar-refractivity contribution in [1.82, 2.24) is 15.0 Å². The number of nitrogens with two attached hydrogens (primary N) is 1. The summed E-state index contributed by atoms with van der Waals surface area (Å²) in [6.45, 7) is 22.3. The molecule has 0 unspecified atom stereocenters. The van der Waals surface area contributed by atoms with Crippen LogP contribution in [0.15, 0.2) is 83.0 Å². The molecule has 0 aliphatic heterocycles. The van der Waals surface area contributed by atoms with Gasteiger partial charge in [-0.3, -0.25) is 0 Å². The number of para-hydroxylation sites is 1. The van der Waals surface area contributed by atoms with Gasteiger partial charge in [-0.2, -0.15) is 0 Å². The molecule has 0 fully saturated rings. The maximum Gasteiger partial charge on any atom is 0.146 e. The van der Waals surface area contributed by atoms with Crippen molar-refractivity contribution >= 4 is 28.1 Å². The Hall–Kier alpha value is -4.72. The topological polar surface area (TPSA) is 122 Å². The molecule has 4 aromatic carbocycles. The van der Waals surface area contributed by atoms with Crippen LogP contribution in [0.25, 0.3) is 16.7 Å². The minimum atomic E-state index is -0.250. The number of azo groups is 1. The predicted octanol–water partition coefficient (Wildman–Crippen LogP) is 10.8. The van der Waals surface area contributed by atoms with Crippen LogP contribution in [0.5, 0.6) is 11.5 Å². The molecule has 0 aliphatic carbocycles. The lowest BCUT2D eigenvalue weighted by Crippen LogP contribution is -2.25. The number of aromatic nitrogens is 3. The fourth-order valence-corrected chi connectivity index (χ4v) is 7.35. The van der Waals surface area contributed by atoms with Crippen molar-refractivity contribution in [2.45, 2.75) is 99.3 Å². The normalized spacial score (nSPS) is 13.1. The molecule has 0 saturated heterocycles. The van der Waals surface area contributed by atoms with E-state index in [0.29, 0.717) is 33.9 Å². The van der Waals surface area contributed by atoms with Crippen molar-refractivity contribution in [3.8, 4) is 17.2 Å². The van der Waals surface area contributed by atoms with Crippen molar-refractivity contribution < 1.29 is 10.2 Å². The summed E-state index contributed by atoms with van der Waals surface area (Å²) >= 11 is 0. The van der Waals surface area contributed by atoms with Gasteiger partial charge in [0.25, 0.3) is 0 Å². The maximum absolute atomic E-state index is 11.9. The summed E-state index contributed by atoms with van der Waals surface area (Å²) in [7, 11) is 0. The van der Waals surface area contributed by atoms with Gasteiger partial charge >= 0.3 is 0 Å². The number of phenols is 2. The fraction of sp³-hybridized carbons (Fsp3) is 0.415. The number of rotatable bonds is 9. The zero-order chi connectivity index (χ0) is 35.9. The van der Waals surface area contributed by atoms with Crippen LogP contribution in [0.2, 0.25) is 0 Å². The summed E-state index contributed by atoms with van der Waals surface area (Å²) < 4.78 is 0. The van der Waals surface area contributed by atoms with Gasteiger partial charge in [0.15, 0.2) is 0 Å². The van der Waals surface area contributed by atoms with Gasteiger partial charge in [0.05, 0.1) is 5.69 Å². The second kappa shape index (κ2) is 13.0. The number of aromatic hydroxyl groups is 2. The summed E-state index contributed by atoms with van der Waals surface area (Å²) in [5, 5.41) is 42.1. The van der Waals surface area contributed by atoms with Crippen LogP contribution < -0.4 is 5.73 Å². The number of hydrogen-bond donors (Lipinski definition) is 3. The first-order chi connectivity index (χ1) is 22.7. The SMILES string of the molecule is CC(C)(C)CC(C)(C)c1cc(Cc2cc(C(C)(C)CC(C)(C)C)cc(-n3nc4ccccc4n3)c2O)c(O)c(N=Nc2ccccc2N)c1. The largest absolute Gasteiger partial charge is 0.505 e. The molecular weight excluding hydrogens is 608 g/mol. The van der Waals surface area contributed by atoms with E-state index in [2.05, 4.69) is 85.5 Å². The van der Waals surface area contributed by atoms with E-state index in [1.54, 1.807) is 12.1 Å². The van der Waals surface area contributed by atoms with Crippen LogP contribution >= 0.6 is 0 Å². The minimum absolute atomic E-state index is 0.0109. The first-order valence-electron chi connectivity index (χ1n) is 17.0. The molecule has 1 heterocycles. The van der Waals surface area contributed by atoms with E-state index in [1.165, 1.54) is 4.80 Å². The van der Waals surface area contributed by atoms with Crippen molar-refractivity contribution in [3.63, 3.8) is 0 Å². The van der Waals surface area contributed by atoms with Crippen LogP contribution in [0, 0.1) is 10.8 Å². The van der Waals surface area contributed by atoms with Crippen LogP contribution in [-0.4, -0.2) is 25.2 Å². The van der Waals surface area contributed by atoms with Gasteiger partial charge in [-0.1, -0.05) is 106 Å². The van der Waals surface area contributed by atoms with Crippen LogP contribution in [0.3, 0.4) is 0 Å². The number of fused-ring (bicyclic) bond motifs is 1. The summed E-state index contributed by atoms with van der Waals surface area (Å²) in [5.74, 6) is 0.0754. The van der Waals surface area contributed by atoms with E-state index >= 15 is 0 Å². The number of nitrogen functional groups attached to an aromatic ring is 1. The van der Waals surface area contributed by atoms with E-state index in [0.717, 1.165) is 35.0 Å². The van der Waals surface area contributed by atoms with E-state index in [1.807, 2.05) is 54.6 Å². The fourth-order valence-electron chi connectivity index (χ4n) is 7.35. The molecule has 0 saturated carbocycles. The molecule has 1 aromatic heterocycles. The molecular formula is C41H52N6O2. The lowest BCUT2D eigenvalue weighted by molar-refractivity contribution is 0.283. The van der Waals surface area contributed by atoms with Crippen molar-refractivity contribution in [3.05, 3.63) is 95.1 Å². The van der Waals surface area contributed by atoms with Gasteiger partial charge in [0.1, 0.15) is 39.6 Å². The lowest BCUT2D eigenvalue weighted by Gasteiger charge is -2.34. The summed E-state index contributed by atoms with van der Waals surface area (Å²) in [6.07, 6.45) is 2.06. The molecule has 258 valence electrons. The van der Waals surface area contributed by atoms with E-state index < -0.39 is 0 Å². The van der Waals surface area contributed by atoms with Crippen molar-refractivity contribution in [1.29, 1.82) is 0 Å². The molecule has 0 atom stereocenters. The lowest BCUT2D eigenvalue weighted by atomic mass is 9.71. The number of phenolic OH excluding ortho intramolecular Hbond substituents is 2. The van der Waals surface area contributed by atoms with Gasteiger partial charge < -0.3 is 15.9 Å². The molecule has 8 nitrogen and oxygen atoms in total. The highest BCUT2D eigenvalue weighted by Crippen LogP contribution is 2.45. The van der Waals surface area contributed by atoms with Gasteiger partial charge in [-0.05, 0) is 82.0 Å². The molecule has 8 heteroatoms.